The first-order chi connectivity index (χ1) is 8.69. The van der Waals surface area contributed by atoms with Crippen molar-refractivity contribution in [1.29, 1.82) is 0 Å². The van der Waals surface area contributed by atoms with E-state index in [1.165, 1.54) is 0 Å². The van der Waals surface area contributed by atoms with Gasteiger partial charge in [-0.2, -0.15) is 0 Å². The molecule has 0 spiro atoms. The lowest BCUT2D eigenvalue weighted by Gasteiger charge is -2.10. The van der Waals surface area contributed by atoms with Crippen LogP contribution in [0.5, 0.6) is 0 Å². The Morgan fingerprint density at radius 1 is 1.72 bits per heavy atom. The van der Waals surface area contributed by atoms with Crippen molar-refractivity contribution in [1.82, 2.24) is 15.6 Å². The highest BCUT2D eigenvalue weighted by molar-refractivity contribution is 7.09. The third kappa shape index (κ3) is 3.51. The van der Waals surface area contributed by atoms with Crippen molar-refractivity contribution < 1.29 is 9.90 Å². The van der Waals surface area contributed by atoms with Crippen LogP contribution >= 0.6 is 11.3 Å². The Labute approximate surface area is 111 Å². The second-order valence-corrected chi connectivity index (χ2v) is 5.42. The number of hydrogen-bond donors (Lipinski definition) is 3. The van der Waals surface area contributed by atoms with Gasteiger partial charge < -0.3 is 15.7 Å². The van der Waals surface area contributed by atoms with E-state index < -0.39 is 6.10 Å². The van der Waals surface area contributed by atoms with Gasteiger partial charge in [-0.3, -0.25) is 4.79 Å². The molecule has 0 radical (unpaired) electrons. The number of carbonyl (C=O) groups is 1. The van der Waals surface area contributed by atoms with E-state index in [-0.39, 0.29) is 11.9 Å². The normalized spacial score (nSPS) is 23.2. The van der Waals surface area contributed by atoms with E-state index in [1.807, 2.05) is 5.38 Å². The number of aliphatic hydroxyl groups excluding tert-OH is 1. The molecule has 6 heteroatoms. The van der Waals surface area contributed by atoms with E-state index in [1.54, 1.807) is 11.3 Å². The monoisotopic (exact) mass is 269 g/mol. The minimum atomic E-state index is -0.397. The summed E-state index contributed by atoms with van der Waals surface area (Å²) >= 11 is 1.66. The summed E-state index contributed by atoms with van der Waals surface area (Å²) in [5.41, 5.74) is 1.04. The van der Waals surface area contributed by atoms with Gasteiger partial charge in [0, 0.05) is 24.9 Å². The van der Waals surface area contributed by atoms with E-state index >= 15 is 0 Å². The minimum Gasteiger partial charge on any atom is -0.392 e. The van der Waals surface area contributed by atoms with Crippen molar-refractivity contribution in [3.63, 3.8) is 0 Å². The van der Waals surface area contributed by atoms with Crippen LogP contribution in [-0.4, -0.2) is 41.2 Å². The summed E-state index contributed by atoms with van der Waals surface area (Å²) in [4.78, 5) is 16.2. The van der Waals surface area contributed by atoms with Gasteiger partial charge in [0.1, 0.15) is 0 Å². The number of carbonyl (C=O) groups excluding carboxylic acids is 1. The summed E-state index contributed by atoms with van der Waals surface area (Å²) in [6.07, 6.45) is 1.83. The first-order valence-corrected chi connectivity index (χ1v) is 7.19. The van der Waals surface area contributed by atoms with Crippen molar-refractivity contribution in [3.05, 3.63) is 16.1 Å². The van der Waals surface area contributed by atoms with Gasteiger partial charge in [0.15, 0.2) is 0 Å². The molecule has 1 aromatic rings. The molecule has 18 heavy (non-hydrogen) atoms. The third-order valence-electron chi connectivity index (χ3n) is 3.01. The van der Waals surface area contributed by atoms with Gasteiger partial charge in [0.2, 0.25) is 5.91 Å². The predicted octanol–water partition coefficient (Wildman–Crippen LogP) is 0.0870. The fourth-order valence-electron chi connectivity index (χ4n) is 1.98. The standard InChI is InChI=1S/C12H19N3O2S/c1-2-11-15-8(7-18-11)3-4-13-12(17)10-5-9(16)6-14-10/h7,9-10,14,16H,2-6H2,1H3,(H,13,17). The van der Waals surface area contributed by atoms with Crippen molar-refractivity contribution in [2.45, 2.75) is 38.3 Å². The average Bonchev–Trinajstić information content (AvgIpc) is 2.98. The molecule has 2 atom stereocenters. The number of amides is 1. The number of rotatable bonds is 5. The molecule has 1 aliphatic rings. The van der Waals surface area contributed by atoms with Gasteiger partial charge >= 0.3 is 0 Å². The molecule has 0 aromatic carbocycles. The van der Waals surface area contributed by atoms with Gasteiger partial charge in [-0.05, 0) is 12.8 Å². The fraction of sp³-hybridized carbons (Fsp3) is 0.667. The Hall–Kier alpha value is -0.980. The smallest absolute Gasteiger partial charge is 0.237 e. The van der Waals surface area contributed by atoms with E-state index in [0.717, 1.165) is 23.5 Å². The summed E-state index contributed by atoms with van der Waals surface area (Å²) in [5.74, 6) is -0.0301. The van der Waals surface area contributed by atoms with Crippen molar-refractivity contribution in [3.8, 4) is 0 Å². The Morgan fingerprint density at radius 3 is 3.17 bits per heavy atom. The molecule has 1 amide bonds. The van der Waals surface area contributed by atoms with Crippen LogP contribution in [0.1, 0.15) is 24.0 Å². The first-order valence-electron chi connectivity index (χ1n) is 6.31. The zero-order valence-corrected chi connectivity index (χ0v) is 11.3. The van der Waals surface area contributed by atoms with Crippen LogP contribution in [0.2, 0.25) is 0 Å². The van der Waals surface area contributed by atoms with Gasteiger partial charge in [0.25, 0.3) is 0 Å². The number of nitrogens with one attached hydrogen (secondary N) is 2. The number of β-amino-alcohol motifs (C(OH)–C–C–N with tert-alkyl or cyclic N) is 1. The third-order valence-corrected chi connectivity index (χ3v) is 4.05. The summed E-state index contributed by atoms with van der Waals surface area (Å²) in [7, 11) is 0. The average molecular weight is 269 g/mol. The lowest BCUT2D eigenvalue weighted by atomic mass is 10.2. The first kappa shape index (κ1) is 13.5. The van der Waals surface area contributed by atoms with Crippen molar-refractivity contribution >= 4 is 17.2 Å². The summed E-state index contributed by atoms with van der Waals surface area (Å²) in [5, 5.41) is 18.4. The van der Waals surface area contributed by atoms with Crippen LogP contribution in [0.15, 0.2) is 5.38 Å². The van der Waals surface area contributed by atoms with Gasteiger partial charge in [-0.1, -0.05) is 6.92 Å². The molecule has 1 aromatic heterocycles. The van der Waals surface area contributed by atoms with Crippen LogP contribution in [-0.2, 0) is 17.6 Å². The number of aliphatic hydroxyl groups is 1. The van der Waals surface area contributed by atoms with Crippen LogP contribution in [0.3, 0.4) is 0 Å². The van der Waals surface area contributed by atoms with Crippen molar-refractivity contribution in [2.75, 3.05) is 13.1 Å². The second kappa shape index (κ2) is 6.26. The zero-order chi connectivity index (χ0) is 13.0. The number of thiazole rings is 1. The molecule has 3 N–H and O–H groups in total. The molecule has 2 unspecified atom stereocenters. The lowest BCUT2D eigenvalue weighted by Crippen LogP contribution is -2.41. The molecule has 1 fully saturated rings. The van der Waals surface area contributed by atoms with E-state index in [2.05, 4.69) is 22.5 Å². The SMILES string of the molecule is CCc1nc(CCNC(=O)C2CC(O)CN2)cs1. The van der Waals surface area contributed by atoms with Gasteiger partial charge in [0.05, 0.1) is 22.8 Å². The largest absolute Gasteiger partial charge is 0.392 e. The highest BCUT2D eigenvalue weighted by Gasteiger charge is 2.27. The number of aromatic nitrogens is 1. The molecule has 5 nitrogen and oxygen atoms in total. The van der Waals surface area contributed by atoms with Crippen molar-refractivity contribution in [2.24, 2.45) is 0 Å². The molecule has 0 aliphatic carbocycles. The topological polar surface area (TPSA) is 74.2 Å². The number of hydrogen-bond acceptors (Lipinski definition) is 5. The summed E-state index contributed by atoms with van der Waals surface area (Å²) < 4.78 is 0. The Bertz CT molecular complexity index is 408. The highest BCUT2D eigenvalue weighted by atomic mass is 32.1. The molecule has 0 saturated carbocycles. The molecule has 2 rings (SSSR count). The van der Waals surface area contributed by atoms with Crippen LogP contribution in [0.25, 0.3) is 0 Å². The maximum Gasteiger partial charge on any atom is 0.237 e. The molecule has 1 saturated heterocycles. The molecular formula is C12H19N3O2S. The Morgan fingerprint density at radius 2 is 2.56 bits per heavy atom. The van der Waals surface area contributed by atoms with Crippen LogP contribution < -0.4 is 10.6 Å². The lowest BCUT2D eigenvalue weighted by molar-refractivity contribution is -0.122. The van der Waals surface area contributed by atoms with E-state index in [9.17, 15) is 9.90 Å². The van der Waals surface area contributed by atoms with Crippen LogP contribution in [0.4, 0.5) is 0 Å². The zero-order valence-electron chi connectivity index (χ0n) is 10.5. The highest BCUT2D eigenvalue weighted by Crippen LogP contribution is 2.10. The Kier molecular flexibility index (Phi) is 4.68. The molecule has 1 aliphatic heterocycles. The molecular weight excluding hydrogens is 250 g/mol. The number of aryl methyl sites for hydroxylation is 1. The van der Waals surface area contributed by atoms with Gasteiger partial charge in [-0.15, -0.1) is 11.3 Å². The second-order valence-electron chi connectivity index (χ2n) is 4.48. The Balaban J connectivity index is 1.70. The quantitative estimate of drug-likeness (QED) is 0.708. The molecule has 100 valence electrons. The van der Waals surface area contributed by atoms with Crippen LogP contribution in [0, 0.1) is 0 Å². The molecule has 2 heterocycles. The molecule has 0 bridgehead atoms. The van der Waals surface area contributed by atoms with E-state index in [0.29, 0.717) is 19.5 Å². The number of nitrogens with zero attached hydrogens (tertiary/aromatic N) is 1. The maximum absolute atomic E-state index is 11.7. The van der Waals surface area contributed by atoms with Gasteiger partial charge in [-0.25, -0.2) is 4.98 Å². The predicted molar refractivity (Wildman–Crippen MR) is 70.6 cm³/mol. The minimum absolute atomic E-state index is 0.0301. The summed E-state index contributed by atoms with van der Waals surface area (Å²) in [6.45, 7) is 3.19. The van der Waals surface area contributed by atoms with E-state index in [4.69, 9.17) is 0 Å². The maximum atomic E-state index is 11.7. The fourth-order valence-corrected chi connectivity index (χ4v) is 2.76. The summed E-state index contributed by atoms with van der Waals surface area (Å²) in [6, 6.07) is -0.248.